The van der Waals surface area contributed by atoms with Gasteiger partial charge in [-0.15, -0.1) is 0 Å². The summed E-state index contributed by atoms with van der Waals surface area (Å²) in [5.74, 6) is 0.0235. The average Bonchev–Trinajstić information content (AvgIpc) is 2.64. The number of unbranched alkanes of at least 4 members (excludes halogenated alkanes) is 1. The first-order valence-corrected chi connectivity index (χ1v) is 9.10. The molecule has 1 aliphatic rings. The number of carbonyl (C=O) groups is 2. The molecule has 25 heavy (non-hydrogen) atoms. The molecule has 1 heterocycles. The maximum absolute atomic E-state index is 12.2. The topological polar surface area (TPSA) is 61.9 Å². The van der Waals surface area contributed by atoms with Crippen molar-refractivity contribution in [2.45, 2.75) is 33.1 Å². The van der Waals surface area contributed by atoms with E-state index in [-0.39, 0.29) is 11.8 Å². The van der Waals surface area contributed by atoms with Crippen molar-refractivity contribution in [3.8, 4) is 0 Å². The van der Waals surface area contributed by atoms with Crippen LogP contribution >= 0.6 is 0 Å². The molecule has 0 spiro atoms. The number of anilines is 2. The Labute approximate surface area is 150 Å². The maximum atomic E-state index is 12.2. The summed E-state index contributed by atoms with van der Waals surface area (Å²) >= 11 is 0. The molecule has 0 unspecified atom stereocenters. The van der Waals surface area contributed by atoms with E-state index >= 15 is 0 Å². The van der Waals surface area contributed by atoms with Gasteiger partial charge in [-0.05, 0) is 18.6 Å². The molecule has 1 N–H and O–H groups in total. The first kappa shape index (κ1) is 19.2. The third-order valence-corrected chi connectivity index (χ3v) is 4.32. The molecule has 0 atom stereocenters. The van der Waals surface area contributed by atoms with Crippen LogP contribution in [-0.4, -0.2) is 51.2 Å². The highest BCUT2D eigenvalue weighted by Crippen LogP contribution is 2.29. The number of hydrogen-bond donors (Lipinski definition) is 1. The van der Waals surface area contributed by atoms with Crippen LogP contribution in [0.15, 0.2) is 24.3 Å². The van der Waals surface area contributed by atoms with E-state index in [0.717, 1.165) is 37.3 Å². The lowest BCUT2D eigenvalue weighted by molar-refractivity contribution is -0.121. The average molecular weight is 347 g/mol. The van der Waals surface area contributed by atoms with Gasteiger partial charge in [0.1, 0.15) is 0 Å². The van der Waals surface area contributed by atoms with Crippen molar-refractivity contribution in [3.63, 3.8) is 0 Å². The number of para-hydroxylation sites is 2. The van der Waals surface area contributed by atoms with Gasteiger partial charge in [0.25, 0.3) is 0 Å². The molecule has 6 nitrogen and oxygen atoms in total. The van der Waals surface area contributed by atoms with E-state index in [1.807, 2.05) is 24.3 Å². The van der Waals surface area contributed by atoms with Crippen LogP contribution in [0.4, 0.5) is 11.4 Å². The quantitative estimate of drug-likeness (QED) is 0.783. The fourth-order valence-corrected chi connectivity index (χ4v) is 2.94. The molecule has 0 aromatic heterocycles. The Morgan fingerprint density at radius 1 is 1.24 bits per heavy atom. The number of morpholine rings is 1. The highest BCUT2D eigenvalue weighted by atomic mass is 16.5. The Bertz CT molecular complexity index is 571. The zero-order chi connectivity index (χ0) is 18.1. The first-order chi connectivity index (χ1) is 12.1. The van der Waals surface area contributed by atoms with Crippen LogP contribution in [0, 0.1) is 0 Å². The van der Waals surface area contributed by atoms with Crippen LogP contribution in [0.25, 0.3) is 0 Å². The smallest absolute Gasteiger partial charge is 0.223 e. The van der Waals surface area contributed by atoms with Crippen molar-refractivity contribution in [2.75, 3.05) is 49.2 Å². The zero-order valence-corrected chi connectivity index (χ0v) is 15.3. The fraction of sp³-hybridized carbons (Fsp3) is 0.579. The van der Waals surface area contributed by atoms with Gasteiger partial charge < -0.3 is 19.9 Å². The maximum Gasteiger partial charge on any atom is 0.223 e. The molecule has 6 heteroatoms. The van der Waals surface area contributed by atoms with Crippen LogP contribution in [0.2, 0.25) is 0 Å². The predicted octanol–water partition coefficient (Wildman–Crippen LogP) is 2.18. The van der Waals surface area contributed by atoms with Gasteiger partial charge in [-0.2, -0.15) is 0 Å². The van der Waals surface area contributed by atoms with Gasteiger partial charge in [0.05, 0.1) is 24.6 Å². The number of nitrogens with zero attached hydrogens (tertiary/aromatic N) is 2. The monoisotopic (exact) mass is 347 g/mol. The van der Waals surface area contributed by atoms with Gasteiger partial charge in [-0.25, -0.2) is 0 Å². The van der Waals surface area contributed by atoms with Gasteiger partial charge >= 0.3 is 0 Å². The minimum absolute atomic E-state index is 0.0245. The Kier molecular flexibility index (Phi) is 7.73. The highest BCUT2D eigenvalue weighted by Gasteiger charge is 2.20. The number of ether oxygens (including phenoxy) is 1. The lowest BCUT2D eigenvalue weighted by Crippen LogP contribution is -2.40. The third kappa shape index (κ3) is 5.74. The molecule has 1 saturated heterocycles. The number of rotatable bonds is 8. The standard InChI is InChI=1S/C19H29N3O3/c1-3-4-9-19(24)20-10-11-22(16(2)23)18-8-6-5-7-17(18)21-12-14-25-15-13-21/h5-8H,3-4,9-15H2,1-2H3,(H,20,24). The van der Waals surface area contributed by atoms with Crippen molar-refractivity contribution < 1.29 is 14.3 Å². The lowest BCUT2D eigenvalue weighted by Gasteiger charge is -2.33. The third-order valence-electron chi connectivity index (χ3n) is 4.32. The van der Waals surface area contributed by atoms with Crippen molar-refractivity contribution in [1.82, 2.24) is 5.32 Å². The number of benzene rings is 1. The molecule has 1 aromatic carbocycles. The van der Waals surface area contributed by atoms with Crippen molar-refractivity contribution >= 4 is 23.2 Å². The largest absolute Gasteiger partial charge is 0.378 e. The van der Waals surface area contributed by atoms with Gasteiger partial charge in [0.15, 0.2) is 0 Å². The van der Waals surface area contributed by atoms with E-state index in [4.69, 9.17) is 4.74 Å². The van der Waals surface area contributed by atoms with Gasteiger partial charge in [0, 0.05) is 39.5 Å². The minimum Gasteiger partial charge on any atom is -0.378 e. The summed E-state index contributed by atoms with van der Waals surface area (Å²) in [5, 5.41) is 2.91. The lowest BCUT2D eigenvalue weighted by atomic mass is 10.2. The van der Waals surface area contributed by atoms with E-state index in [0.29, 0.717) is 32.7 Å². The second kappa shape index (κ2) is 10.0. The minimum atomic E-state index is -0.0245. The molecule has 138 valence electrons. The summed E-state index contributed by atoms with van der Waals surface area (Å²) in [6.07, 6.45) is 2.43. The normalized spacial score (nSPS) is 14.2. The molecule has 0 aliphatic carbocycles. The summed E-state index contributed by atoms with van der Waals surface area (Å²) in [4.78, 5) is 28.0. The van der Waals surface area contributed by atoms with Crippen molar-refractivity contribution in [2.24, 2.45) is 0 Å². The molecule has 0 radical (unpaired) electrons. The number of hydrogen-bond acceptors (Lipinski definition) is 4. The highest BCUT2D eigenvalue weighted by molar-refractivity contribution is 5.95. The summed E-state index contributed by atoms with van der Waals surface area (Å²) < 4.78 is 5.42. The fourth-order valence-electron chi connectivity index (χ4n) is 2.94. The molecule has 2 amide bonds. The molecule has 0 bridgehead atoms. The van der Waals surface area contributed by atoms with Gasteiger partial charge in [-0.3, -0.25) is 9.59 Å². The van der Waals surface area contributed by atoms with E-state index in [1.54, 1.807) is 11.8 Å². The van der Waals surface area contributed by atoms with Gasteiger partial charge in [-0.1, -0.05) is 25.5 Å². The molecular formula is C19H29N3O3. The Balaban J connectivity index is 2.04. The second-order valence-electron chi connectivity index (χ2n) is 6.21. The summed E-state index contributed by atoms with van der Waals surface area (Å²) in [6.45, 7) is 7.58. The Hall–Kier alpha value is -2.08. The van der Waals surface area contributed by atoms with Crippen molar-refractivity contribution in [1.29, 1.82) is 0 Å². The Morgan fingerprint density at radius 3 is 2.64 bits per heavy atom. The van der Waals surface area contributed by atoms with E-state index in [9.17, 15) is 9.59 Å². The van der Waals surface area contributed by atoms with E-state index < -0.39 is 0 Å². The second-order valence-corrected chi connectivity index (χ2v) is 6.21. The van der Waals surface area contributed by atoms with E-state index in [2.05, 4.69) is 17.1 Å². The van der Waals surface area contributed by atoms with Crippen LogP contribution in [0.1, 0.15) is 33.1 Å². The van der Waals surface area contributed by atoms with Crippen LogP contribution in [-0.2, 0) is 14.3 Å². The number of nitrogens with one attached hydrogen (secondary N) is 1. The summed E-state index contributed by atoms with van der Waals surface area (Å²) in [5.41, 5.74) is 1.93. The van der Waals surface area contributed by atoms with Crippen molar-refractivity contribution in [3.05, 3.63) is 24.3 Å². The molecule has 1 fully saturated rings. The van der Waals surface area contributed by atoms with Crippen LogP contribution in [0.5, 0.6) is 0 Å². The van der Waals surface area contributed by atoms with E-state index in [1.165, 1.54) is 0 Å². The SMILES string of the molecule is CCCCC(=O)NCCN(C(C)=O)c1ccccc1N1CCOCC1. The number of carbonyl (C=O) groups excluding carboxylic acids is 2. The Morgan fingerprint density at radius 2 is 1.96 bits per heavy atom. The zero-order valence-electron chi connectivity index (χ0n) is 15.3. The molecule has 1 aromatic rings. The summed E-state index contributed by atoms with van der Waals surface area (Å²) in [6, 6.07) is 7.93. The number of amides is 2. The molecule has 2 rings (SSSR count). The molecular weight excluding hydrogens is 318 g/mol. The molecule has 1 aliphatic heterocycles. The summed E-state index contributed by atoms with van der Waals surface area (Å²) in [7, 11) is 0. The van der Waals surface area contributed by atoms with Gasteiger partial charge in [0.2, 0.25) is 11.8 Å². The predicted molar refractivity (Wildman–Crippen MR) is 100 cm³/mol. The van der Waals surface area contributed by atoms with Crippen LogP contribution < -0.4 is 15.1 Å². The molecule has 0 saturated carbocycles. The van der Waals surface area contributed by atoms with Crippen LogP contribution in [0.3, 0.4) is 0 Å². The first-order valence-electron chi connectivity index (χ1n) is 9.10.